The Morgan fingerprint density at radius 1 is 1.38 bits per heavy atom. The second-order valence-corrected chi connectivity index (χ2v) is 5.37. The third-order valence-corrected chi connectivity index (χ3v) is 3.49. The first kappa shape index (κ1) is 16.1. The summed E-state index contributed by atoms with van der Waals surface area (Å²) in [6, 6.07) is 2.10. The molecule has 0 aromatic heterocycles. The molecular formula is C9H18ClN2O3P. The molecule has 0 aliphatic heterocycles. The third-order valence-electron chi connectivity index (χ3n) is 1.72. The molecule has 7 heteroatoms. The van der Waals surface area contributed by atoms with E-state index in [1.807, 2.05) is 33.8 Å². The van der Waals surface area contributed by atoms with Gasteiger partial charge in [-0.15, -0.1) is 0 Å². The van der Waals surface area contributed by atoms with Crippen LogP contribution in [0.1, 0.15) is 34.1 Å². The van der Waals surface area contributed by atoms with Gasteiger partial charge in [0.05, 0.1) is 12.5 Å². The van der Waals surface area contributed by atoms with Crippen molar-refractivity contribution < 1.29 is 14.5 Å². The van der Waals surface area contributed by atoms with Gasteiger partial charge in [0.15, 0.2) is 5.56 Å². The molecule has 5 nitrogen and oxygen atoms in total. The highest BCUT2D eigenvalue weighted by Crippen LogP contribution is 2.41. The van der Waals surface area contributed by atoms with Gasteiger partial charge in [-0.05, 0) is 27.7 Å². The summed E-state index contributed by atoms with van der Waals surface area (Å²) in [7, 11) is -1.85. The molecule has 0 aromatic carbocycles. The summed E-state index contributed by atoms with van der Waals surface area (Å²) in [5, 5.41) is 8.35. The normalized spacial score (nSPS) is 15.5. The average molecular weight is 269 g/mol. The number of nitrogens with zero attached hydrogens (tertiary/aromatic N) is 2. The van der Waals surface area contributed by atoms with Crippen LogP contribution < -0.4 is 0 Å². The van der Waals surface area contributed by atoms with Crippen molar-refractivity contribution in [2.24, 2.45) is 0 Å². The standard InChI is InChI=1S/C9H18ClN2O3P/c1-7(2)12(8(3)4)16(13)15-14-9(10)5-6-11/h7-9,13H,5H2,1-4H3. The minimum atomic E-state index is -1.85. The summed E-state index contributed by atoms with van der Waals surface area (Å²) in [5.74, 6) is 0. The quantitative estimate of drug-likeness (QED) is 0.333. The second-order valence-electron chi connectivity index (χ2n) is 3.76. The average Bonchev–Trinajstić information content (AvgIpc) is 2.14. The molecule has 0 aromatic rings. The summed E-state index contributed by atoms with van der Waals surface area (Å²) in [6.45, 7) is 7.79. The lowest BCUT2D eigenvalue weighted by atomic mass is 10.3. The van der Waals surface area contributed by atoms with E-state index in [1.54, 1.807) is 4.67 Å². The Labute approximate surface area is 103 Å². The lowest BCUT2D eigenvalue weighted by Gasteiger charge is -2.32. The lowest BCUT2D eigenvalue weighted by molar-refractivity contribution is -0.224. The minimum Gasteiger partial charge on any atom is -0.336 e. The summed E-state index contributed by atoms with van der Waals surface area (Å²) in [5.41, 5.74) is -0.858. The lowest BCUT2D eigenvalue weighted by Crippen LogP contribution is -2.33. The van der Waals surface area contributed by atoms with E-state index in [2.05, 4.69) is 0 Å². The van der Waals surface area contributed by atoms with Gasteiger partial charge in [-0.25, -0.2) is 9.56 Å². The highest BCUT2D eigenvalue weighted by Gasteiger charge is 2.25. The van der Waals surface area contributed by atoms with Gasteiger partial charge in [-0.2, -0.15) is 9.94 Å². The van der Waals surface area contributed by atoms with Crippen molar-refractivity contribution in [2.75, 3.05) is 0 Å². The molecule has 2 atom stereocenters. The number of nitriles is 1. The van der Waals surface area contributed by atoms with E-state index in [-0.39, 0.29) is 18.5 Å². The summed E-state index contributed by atoms with van der Waals surface area (Å²) >= 11 is 5.60. The monoisotopic (exact) mass is 268 g/mol. The first-order valence-corrected chi connectivity index (χ1v) is 6.62. The minimum absolute atomic E-state index is 0.00802. The third kappa shape index (κ3) is 5.95. The molecule has 0 fully saturated rings. The Morgan fingerprint density at radius 3 is 2.25 bits per heavy atom. The van der Waals surface area contributed by atoms with Gasteiger partial charge < -0.3 is 4.89 Å². The number of hydrogen-bond acceptors (Lipinski definition) is 5. The molecule has 0 heterocycles. The highest BCUT2D eigenvalue weighted by atomic mass is 35.5. The largest absolute Gasteiger partial charge is 0.336 e. The Balaban J connectivity index is 4.12. The molecule has 0 spiro atoms. The maximum absolute atomic E-state index is 9.77. The molecule has 0 aliphatic rings. The Hall–Kier alpha value is 0.0500. The zero-order valence-corrected chi connectivity index (χ0v) is 11.6. The second kappa shape index (κ2) is 8.19. The molecule has 0 bridgehead atoms. The van der Waals surface area contributed by atoms with Gasteiger partial charge in [0.1, 0.15) is 0 Å². The van der Waals surface area contributed by atoms with Gasteiger partial charge in [0.2, 0.25) is 0 Å². The van der Waals surface area contributed by atoms with Crippen LogP contribution in [0, 0.1) is 11.3 Å². The summed E-state index contributed by atoms with van der Waals surface area (Å²) in [6.07, 6.45) is 0.00802. The van der Waals surface area contributed by atoms with Crippen molar-refractivity contribution in [1.29, 1.82) is 5.26 Å². The smallest absolute Gasteiger partial charge is 0.289 e. The number of alkyl halides is 1. The molecule has 0 amide bonds. The van der Waals surface area contributed by atoms with Crippen molar-refractivity contribution in [2.45, 2.75) is 51.8 Å². The maximum Gasteiger partial charge on any atom is 0.289 e. The Kier molecular flexibility index (Phi) is 8.21. The predicted octanol–water partition coefficient (Wildman–Crippen LogP) is 2.75. The number of halogens is 1. The fraction of sp³-hybridized carbons (Fsp3) is 0.889. The topological polar surface area (TPSA) is 65.7 Å². The Bertz CT molecular complexity index is 227. The van der Waals surface area contributed by atoms with E-state index in [1.165, 1.54) is 0 Å². The maximum atomic E-state index is 9.77. The first-order chi connectivity index (χ1) is 7.40. The molecule has 2 unspecified atom stereocenters. The predicted molar refractivity (Wildman–Crippen MR) is 63.3 cm³/mol. The van der Waals surface area contributed by atoms with Crippen molar-refractivity contribution in [3.8, 4) is 6.07 Å². The zero-order chi connectivity index (χ0) is 12.7. The van der Waals surface area contributed by atoms with E-state index in [0.29, 0.717) is 0 Å². The van der Waals surface area contributed by atoms with Gasteiger partial charge in [0.25, 0.3) is 8.53 Å². The van der Waals surface area contributed by atoms with Gasteiger partial charge in [-0.3, -0.25) is 0 Å². The molecule has 0 saturated carbocycles. The van der Waals surface area contributed by atoms with E-state index in [0.717, 1.165) is 0 Å². The van der Waals surface area contributed by atoms with Crippen molar-refractivity contribution >= 4 is 20.1 Å². The van der Waals surface area contributed by atoms with Crippen LogP contribution in [0.3, 0.4) is 0 Å². The molecule has 0 saturated heterocycles. The fourth-order valence-corrected chi connectivity index (χ4v) is 2.43. The van der Waals surface area contributed by atoms with Crippen LogP contribution in [0.4, 0.5) is 0 Å². The van der Waals surface area contributed by atoms with Gasteiger partial charge >= 0.3 is 0 Å². The Morgan fingerprint density at radius 2 is 1.88 bits per heavy atom. The SMILES string of the molecule is CC(C)N(C(C)C)P(O)OOC(Cl)CC#N. The van der Waals surface area contributed by atoms with Crippen LogP contribution in [0.5, 0.6) is 0 Å². The first-order valence-electron chi connectivity index (χ1n) is 5.01. The summed E-state index contributed by atoms with van der Waals surface area (Å²) < 4.78 is 6.57. The number of hydrogen-bond donors (Lipinski definition) is 1. The molecule has 16 heavy (non-hydrogen) atoms. The van der Waals surface area contributed by atoms with Crippen molar-refractivity contribution in [3.05, 3.63) is 0 Å². The molecule has 0 radical (unpaired) electrons. The van der Waals surface area contributed by atoms with Crippen molar-refractivity contribution in [3.63, 3.8) is 0 Å². The zero-order valence-electron chi connectivity index (χ0n) is 9.92. The highest BCUT2D eigenvalue weighted by molar-refractivity contribution is 7.43. The number of rotatable bonds is 7. The van der Waals surface area contributed by atoms with Crippen LogP contribution in [0.25, 0.3) is 0 Å². The molecular weight excluding hydrogens is 251 g/mol. The van der Waals surface area contributed by atoms with Crippen LogP contribution in [0.2, 0.25) is 0 Å². The fourth-order valence-electron chi connectivity index (χ4n) is 1.22. The molecule has 0 rings (SSSR count). The molecule has 94 valence electrons. The van der Waals surface area contributed by atoms with E-state index in [4.69, 9.17) is 26.4 Å². The van der Waals surface area contributed by atoms with E-state index in [9.17, 15) is 4.89 Å². The van der Waals surface area contributed by atoms with Gasteiger partial charge in [0, 0.05) is 12.1 Å². The van der Waals surface area contributed by atoms with Crippen LogP contribution in [-0.2, 0) is 9.56 Å². The van der Waals surface area contributed by atoms with Crippen molar-refractivity contribution in [1.82, 2.24) is 4.67 Å². The van der Waals surface area contributed by atoms with Crippen LogP contribution >= 0.6 is 20.1 Å². The van der Waals surface area contributed by atoms with Crippen LogP contribution in [-0.4, -0.2) is 27.2 Å². The summed E-state index contributed by atoms with van der Waals surface area (Å²) in [4.78, 5) is 14.5. The molecule has 0 aliphatic carbocycles. The van der Waals surface area contributed by atoms with Crippen LogP contribution in [0.15, 0.2) is 0 Å². The molecule has 1 N–H and O–H groups in total. The van der Waals surface area contributed by atoms with E-state index < -0.39 is 14.1 Å². The van der Waals surface area contributed by atoms with E-state index >= 15 is 0 Å². The van der Waals surface area contributed by atoms with Gasteiger partial charge in [-0.1, -0.05) is 11.6 Å².